The molecular weight excluding hydrogens is 258 g/mol. The van der Waals surface area contributed by atoms with Crippen LogP contribution in [0.1, 0.15) is 5.69 Å². The van der Waals surface area contributed by atoms with Gasteiger partial charge < -0.3 is 9.47 Å². The number of carbonyl (C=O) groups is 2. The number of pyridine rings is 1. The van der Waals surface area contributed by atoms with Crippen molar-refractivity contribution in [1.82, 2.24) is 4.98 Å². The molecule has 0 spiro atoms. The van der Waals surface area contributed by atoms with Crippen LogP contribution >= 0.6 is 0 Å². The standard InChI is InChI=1S/C8H10O4.C7H7N/c1-3-7(9)11-5-6-12-8(10)4-2;1-2-7-5-3-4-6-8-7/h3-4H,1-2,5-6H2;2-6H,1H2. The highest BCUT2D eigenvalue weighted by molar-refractivity contribution is 5.81. The molecule has 5 nitrogen and oxygen atoms in total. The Morgan fingerprint density at radius 2 is 1.60 bits per heavy atom. The van der Waals surface area contributed by atoms with Crippen LogP contribution in [0.5, 0.6) is 0 Å². The van der Waals surface area contributed by atoms with E-state index in [1.165, 1.54) is 0 Å². The fraction of sp³-hybridized carbons (Fsp3) is 0.133. The number of carbonyl (C=O) groups excluding carboxylic acids is 2. The summed E-state index contributed by atoms with van der Waals surface area (Å²) >= 11 is 0. The van der Waals surface area contributed by atoms with E-state index in [4.69, 9.17) is 0 Å². The van der Waals surface area contributed by atoms with Crippen LogP contribution in [0.15, 0.2) is 56.3 Å². The van der Waals surface area contributed by atoms with E-state index in [0.717, 1.165) is 17.8 Å². The molecule has 1 aromatic heterocycles. The molecule has 0 bridgehead atoms. The van der Waals surface area contributed by atoms with Crippen LogP contribution < -0.4 is 0 Å². The van der Waals surface area contributed by atoms with E-state index in [-0.39, 0.29) is 13.2 Å². The number of hydrogen-bond donors (Lipinski definition) is 0. The van der Waals surface area contributed by atoms with Gasteiger partial charge in [-0.2, -0.15) is 0 Å². The molecular formula is C15H17NO4. The van der Waals surface area contributed by atoms with Crippen molar-refractivity contribution in [2.24, 2.45) is 0 Å². The molecule has 0 fully saturated rings. The minimum atomic E-state index is -0.537. The molecule has 1 heterocycles. The molecule has 0 radical (unpaired) electrons. The maximum Gasteiger partial charge on any atom is 0.330 e. The molecule has 0 aliphatic heterocycles. The average Bonchev–Trinajstić information content (AvgIpc) is 2.52. The lowest BCUT2D eigenvalue weighted by Crippen LogP contribution is -2.10. The number of nitrogens with zero attached hydrogens (tertiary/aromatic N) is 1. The lowest BCUT2D eigenvalue weighted by Gasteiger charge is -2.01. The first-order valence-corrected chi connectivity index (χ1v) is 5.76. The van der Waals surface area contributed by atoms with Gasteiger partial charge in [0, 0.05) is 18.3 Å². The predicted molar refractivity (Wildman–Crippen MR) is 76.6 cm³/mol. The quantitative estimate of drug-likeness (QED) is 0.452. The molecule has 0 saturated heterocycles. The third-order valence-corrected chi connectivity index (χ3v) is 1.80. The van der Waals surface area contributed by atoms with Gasteiger partial charge >= 0.3 is 11.9 Å². The molecule has 0 aromatic carbocycles. The molecule has 20 heavy (non-hydrogen) atoms. The van der Waals surface area contributed by atoms with E-state index in [9.17, 15) is 9.59 Å². The third-order valence-electron chi connectivity index (χ3n) is 1.80. The summed E-state index contributed by atoms with van der Waals surface area (Å²) in [7, 11) is 0. The molecule has 106 valence electrons. The Balaban J connectivity index is 0.000000388. The summed E-state index contributed by atoms with van der Waals surface area (Å²) in [5, 5.41) is 0. The van der Waals surface area contributed by atoms with Gasteiger partial charge in [0.25, 0.3) is 0 Å². The topological polar surface area (TPSA) is 65.5 Å². The second-order valence-corrected chi connectivity index (χ2v) is 3.20. The first kappa shape index (κ1) is 17.3. The summed E-state index contributed by atoms with van der Waals surface area (Å²) in [6.45, 7) is 10.0. The Kier molecular flexibility index (Phi) is 9.87. The summed E-state index contributed by atoms with van der Waals surface area (Å²) in [4.78, 5) is 24.8. The molecule has 0 aliphatic carbocycles. The summed E-state index contributed by atoms with van der Waals surface area (Å²) in [5.74, 6) is -1.07. The van der Waals surface area contributed by atoms with Gasteiger partial charge in [-0.25, -0.2) is 9.59 Å². The van der Waals surface area contributed by atoms with Crippen LogP contribution in [-0.2, 0) is 19.1 Å². The predicted octanol–water partition coefficient (Wildman–Crippen LogP) is 2.17. The number of hydrogen-bond acceptors (Lipinski definition) is 5. The van der Waals surface area contributed by atoms with E-state index >= 15 is 0 Å². The smallest absolute Gasteiger partial charge is 0.330 e. The minimum Gasteiger partial charge on any atom is -0.459 e. The molecule has 0 aliphatic rings. The molecule has 1 aromatic rings. The highest BCUT2D eigenvalue weighted by atomic mass is 16.6. The van der Waals surface area contributed by atoms with Crippen LogP contribution in [0.25, 0.3) is 6.08 Å². The maximum atomic E-state index is 10.4. The van der Waals surface area contributed by atoms with E-state index in [2.05, 4.69) is 34.2 Å². The largest absolute Gasteiger partial charge is 0.459 e. The highest BCUT2D eigenvalue weighted by Crippen LogP contribution is 1.91. The van der Waals surface area contributed by atoms with Gasteiger partial charge in [-0.1, -0.05) is 25.8 Å². The molecule has 0 unspecified atom stereocenters. The van der Waals surface area contributed by atoms with Crippen LogP contribution in [0.3, 0.4) is 0 Å². The zero-order valence-electron chi connectivity index (χ0n) is 11.2. The zero-order valence-corrected chi connectivity index (χ0v) is 11.2. The van der Waals surface area contributed by atoms with Crippen molar-refractivity contribution in [3.05, 3.63) is 62.0 Å². The van der Waals surface area contributed by atoms with Crippen LogP contribution in [-0.4, -0.2) is 30.1 Å². The monoisotopic (exact) mass is 275 g/mol. The van der Waals surface area contributed by atoms with E-state index in [1.54, 1.807) is 12.3 Å². The van der Waals surface area contributed by atoms with Crippen LogP contribution in [0, 0.1) is 0 Å². The molecule has 0 N–H and O–H groups in total. The van der Waals surface area contributed by atoms with Crippen molar-refractivity contribution in [2.75, 3.05) is 13.2 Å². The SMILES string of the molecule is C=CC(=O)OCCOC(=O)C=C.C=Cc1ccccn1. The Bertz CT molecular complexity index is 432. The number of rotatable bonds is 6. The highest BCUT2D eigenvalue weighted by Gasteiger charge is 1.97. The van der Waals surface area contributed by atoms with Crippen molar-refractivity contribution in [1.29, 1.82) is 0 Å². The van der Waals surface area contributed by atoms with Gasteiger partial charge in [0.05, 0.1) is 5.69 Å². The van der Waals surface area contributed by atoms with Gasteiger partial charge in [-0.15, -0.1) is 0 Å². The summed E-state index contributed by atoms with van der Waals surface area (Å²) < 4.78 is 9.04. The van der Waals surface area contributed by atoms with E-state index in [0.29, 0.717) is 0 Å². The summed E-state index contributed by atoms with van der Waals surface area (Å²) in [5.41, 5.74) is 0.924. The van der Waals surface area contributed by atoms with E-state index in [1.807, 2.05) is 18.2 Å². The van der Waals surface area contributed by atoms with Crippen molar-refractivity contribution >= 4 is 18.0 Å². The molecule has 0 saturated carbocycles. The second kappa shape index (κ2) is 11.4. The first-order valence-electron chi connectivity index (χ1n) is 5.76. The maximum absolute atomic E-state index is 10.4. The Hall–Kier alpha value is -2.69. The van der Waals surface area contributed by atoms with Crippen LogP contribution in [0.4, 0.5) is 0 Å². The minimum absolute atomic E-state index is 0.0322. The Labute approximate surface area is 118 Å². The number of aromatic nitrogens is 1. The third kappa shape index (κ3) is 9.35. The summed E-state index contributed by atoms with van der Waals surface area (Å²) in [6.07, 6.45) is 5.54. The van der Waals surface area contributed by atoms with Crippen LogP contribution in [0.2, 0.25) is 0 Å². The van der Waals surface area contributed by atoms with Gasteiger partial charge in [0.1, 0.15) is 13.2 Å². The van der Waals surface area contributed by atoms with Gasteiger partial charge in [0.15, 0.2) is 0 Å². The van der Waals surface area contributed by atoms with Crippen molar-refractivity contribution in [3.8, 4) is 0 Å². The molecule has 5 heteroatoms. The van der Waals surface area contributed by atoms with Crippen molar-refractivity contribution in [2.45, 2.75) is 0 Å². The average molecular weight is 275 g/mol. The lowest BCUT2D eigenvalue weighted by atomic mass is 10.4. The van der Waals surface area contributed by atoms with Crippen molar-refractivity contribution < 1.29 is 19.1 Å². The Morgan fingerprint density at radius 1 is 1.05 bits per heavy atom. The zero-order chi connectivity index (χ0) is 15.2. The molecule has 0 atom stereocenters. The fourth-order valence-corrected chi connectivity index (χ4v) is 0.899. The normalized spacial score (nSPS) is 8.40. The van der Waals surface area contributed by atoms with E-state index < -0.39 is 11.9 Å². The second-order valence-electron chi connectivity index (χ2n) is 3.20. The van der Waals surface area contributed by atoms with Crippen molar-refractivity contribution in [3.63, 3.8) is 0 Å². The lowest BCUT2D eigenvalue weighted by molar-refractivity contribution is -0.146. The van der Waals surface area contributed by atoms with Gasteiger partial charge in [0.2, 0.25) is 0 Å². The van der Waals surface area contributed by atoms with Gasteiger partial charge in [-0.05, 0) is 18.2 Å². The Morgan fingerprint density at radius 3 is 1.90 bits per heavy atom. The molecule has 1 rings (SSSR count). The van der Waals surface area contributed by atoms with Gasteiger partial charge in [-0.3, -0.25) is 4.98 Å². The number of ether oxygens (including phenoxy) is 2. The summed E-state index contributed by atoms with van der Waals surface area (Å²) in [6, 6.07) is 5.73. The fourth-order valence-electron chi connectivity index (χ4n) is 0.899. The first-order chi connectivity index (χ1) is 9.63. The number of esters is 2. The molecule has 0 amide bonds.